The van der Waals surface area contributed by atoms with Crippen LogP contribution >= 0.6 is 0 Å². The third-order valence-electron chi connectivity index (χ3n) is 4.14. The van der Waals surface area contributed by atoms with Gasteiger partial charge in [-0.3, -0.25) is 4.79 Å². The van der Waals surface area contributed by atoms with Crippen LogP contribution in [0.4, 0.5) is 4.79 Å². The second kappa shape index (κ2) is 6.07. The number of carbonyl (C=O) groups is 2. The van der Waals surface area contributed by atoms with Gasteiger partial charge in [0.05, 0.1) is 7.11 Å². The summed E-state index contributed by atoms with van der Waals surface area (Å²) in [5.74, 6) is -2.18. The van der Waals surface area contributed by atoms with Gasteiger partial charge in [0.2, 0.25) is 0 Å². The number of hydrogen-bond donors (Lipinski definition) is 1. The fraction of sp³-hybridized carbons (Fsp3) is 0.222. The number of ether oxygens (including phenoxy) is 2. The molecule has 0 spiro atoms. The van der Waals surface area contributed by atoms with Crippen molar-refractivity contribution in [3.8, 4) is 0 Å². The summed E-state index contributed by atoms with van der Waals surface area (Å²) in [5, 5.41) is 9.65. The summed E-state index contributed by atoms with van der Waals surface area (Å²) in [7, 11) is 1.15. The van der Waals surface area contributed by atoms with Crippen LogP contribution in [0.5, 0.6) is 0 Å². The van der Waals surface area contributed by atoms with E-state index in [2.05, 4.69) is 9.62 Å². The highest BCUT2D eigenvalue weighted by molar-refractivity contribution is 6.13. The third kappa shape index (κ3) is 2.28. The molecular formula is C18H16O6. The average Bonchev–Trinajstić information content (AvgIpc) is 2.64. The molecule has 1 aliphatic rings. The van der Waals surface area contributed by atoms with E-state index in [-0.39, 0.29) is 22.5 Å². The maximum atomic E-state index is 12.8. The molecule has 2 aromatic carbocycles. The van der Waals surface area contributed by atoms with Crippen LogP contribution in [-0.2, 0) is 26.6 Å². The van der Waals surface area contributed by atoms with Crippen molar-refractivity contribution in [3.63, 3.8) is 0 Å². The monoisotopic (exact) mass is 328 g/mol. The molecule has 0 bridgehead atoms. The van der Waals surface area contributed by atoms with Crippen molar-refractivity contribution in [2.75, 3.05) is 7.11 Å². The predicted octanol–water partition coefficient (Wildman–Crippen LogP) is 3.27. The largest absolute Gasteiger partial charge is 0.511 e. The maximum Gasteiger partial charge on any atom is 0.511 e. The normalized spacial score (nSPS) is 18.5. The number of aryl methyl sites for hydroxylation is 1. The molecule has 6 heteroatoms. The molecule has 2 aromatic rings. The highest BCUT2D eigenvalue weighted by Gasteiger charge is 2.49. The van der Waals surface area contributed by atoms with Gasteiger partial charge in [-0.2, -0.15) is 4.89 Å². The van der Waals surface area contributed by atoms with Crippen molar-refractivity contribution >= 4 is 11.9 Å². The molecule has 1 atom stereocenters. The second-order valence-corrected chi connectivity index (χ2v) is 5.37. The molecule has 0 saturated carbocycles. The van der Waals surface area contributed by atoms with Crippen LogP contribution in [0, 0.1) is 0 Å². The predicted molar refractivity (Wildman–Crippen MR) is 83.7 cm³/mol. The van der Waals surface area contributed by atoms with Gasteiger partial charge >= 0.3 is 11.9 Å². The van der Waals surface area contributed by atoms with Gasteiger partial charge in [0.1, 0.15) is 0 Å². The van der Waals surface area contributed by atoms with Crippen molar-refractivity contribution in [1.82, 2.24) is 0 Å². The van der Waals surface area contributed by atoms with Gasteiger partial charge in [-0.15, -0.1) is 0 Å². The molecule has 1 N–H and O–H groups in total. The number of rotatable bonds is 3. The van der Waals surface area contributed by atoms with Gasteiger partial charge in [0.15, 0.2) is 5.78 Å². The minimum atomic E-state index is -1.96. The summed E-state index contributed by atoms with van der Waals surface area (Å²) >= 11 is 0. The smallest absolute Gasteiger partial charge is 0.438 e. The van der Waals surface area contributed by atoms with Gasteiger partial charge in [-0.25, -0.2) is 10.1 Å². The minimum absolute atomic E-state index is 0.225. The highest BCUT2D eigenvalue weighted by atomic mass is 17.2. The zero-order valence-electron chi connectivity index (χ0n) is 13.2. The van der Waals surface area contributed by atoms with Gasteiger partial charge < -0.3 is 9.47 Å². The van der Waals surface area contributed by atoms with Crippen LogP contribution < -0.4 is 0 Å². The van der Waals surface area contributed by atoms with E-state index >= 15 is 0 Å². The van der Waals surface area contributed by atoms with E-state index < -0.39 is 11.9 Å². The van der Waals surface area contributed by atoms with Crippen molar-refractivity contribution < 1.29 is 29.2 Å². The van der Waals surface area contributed by atoms with Crippen LogP contribution in [0.1, 0.15) is 39.5 Å². The first-order valence-corrected chi connectivity index (χ1v) is 7.44. The Bertz CT molecular complexity index is 813. The fourth-order valence-electron chi connectivity index (χ4n) is 2.93. The highest BCUT2D eigenvalue weighted by Crippen LogP contribution is 2.43. The van der Waals surface area contributed by atoms with E-state index in [1.807, 2.05) is 6.92 Å². The van der Waals surface area contributed by atoms with Crippen molar-refractivity contribution in [2.24, 2.45) is 0 Å². The molecule has 24 heavy (non-hydrogen) atoms. The number of ketones is 1. The summed E-state index contributed by atoms with van der Waals surface area (Å²) < 4.78 is 9.81. The van der Waals surface area contributed by atoms with Crippen LogP contribution in [0.25, 0.3) is 0 Å². The summed E-state index contributed by atoms with van der Waals surface area (Å²) in [4.78, 5) is 29.2. The fourth-order valence-corrected chi connectivity index (χ4v) is 2.93. The Kier molecular flexibility index (Phi) is 4.09. The number of carbonyl (C=O) groups excluding carboxylic acids is 2. The van der Waals surface area contributed by atoms with E-state index in [0.29, 0.717) is 5.56 Å². The Morgan fingerprint density at radius 1 is 1.12 bits per heavy atom. The van der Waals surface area contributed by atoms with Crippen LogP contribution in [0.3, 0.4) is 0 Å². The van der Waals surface area contributed by atoms with Gasteiger partial charge in [0.25, 0.3) is 0 Å². The first-order valence-electron chi connectivity index (χ1n) is 7.44. The molecule has 0 heterocycles. The van der Waals surface area contributed by atoms with E-state index in [9.17, 15) is 14.8 Å². The summed E-state index contributed by atoms with van der Waals surface area (Å²) in [6.45, 7) is 1.96. The Morgan fingerprint density at radius 2 is 1.83 bits per heavy atom. The standard InChI is InChI=1S/C18H16O6/c1-3-11-8-9-15-13(10-11)16(19)12-6-4-5-7-14(12)18(15,24-21)23-17(20)22-2/h4-10,21H,3H2,1-2H3. The summed E-state index contributed by atoms with van der Waals surface area (Å²) in [6.07, 6.45) is -0.314. The Hall–Kier alpha value is -2.70. The number of fused-ring (bicyclic) bond motifs is 2. The maximum absolute atomic E-state index is 12.8. The number of benzene rings is 2. The Morgan fingerprint density at radius 3 is 2.50 bits per heavy atom. The van der Waals surface area contributed by atoms with Crippen molar-refractivity contribution in [1.29, 1.82) is 0 Å². The summed E-state index contributed by atoms with van der Waals surface area (Å²) in [6, 6.07) is 11.6. The van der Waals surface area contributed by atoms with Gasteiger partial charge in [-0.05, 0) is 18.1 Å². The molecule has 0 fully saturated rings. The molecule has 0 radical (unpaired) electrons. The van der Waals surface area contributed by atoms with Crippen LogP contribution in [-0.4, -0.2) is 24.3 Å². The lowest BCUT2D eigenvalue weighted by Crippen LogP contribution is -2.41. The molecular weight excluding hydrogens is 312 g/mol. The number of methoxy groups -OCH3 is 1. The Labute approximate surface area is 138 Å². The lowest BCUT2D eigenvalue weighted by atomic mass is 9.79. The molecule has 3 rings (SSSR count). The van der Waals surface area contributed by atoms with E-state index in [0.717, 1.165) is 19.1 Å². The topological polar surface area (TPSA) is 82.1 Å². The zero-order valence-corrected chi connectivity index (χ0v) is 13.2. The Balaban J connectivity index is 2.31. The average molecular weight is 328 g/mol. The lowest BCUT2D eigenvalue weighted by molar-refractivity contribution is -0.383. The van der Waals surface area contributed by atoms with Crippen molar-refractivity contribution in [2.45, 2.75) is 19.1 Å². The van der Waals surface area contributed by atoms with Gasteiger partial charge in [-0.1, -0.05) is 43.3 Å². The molecule has 1 unspecified atom stereocenters. The molecule has 0 aromatic heterocycles. The molecule has 0 amide bonds. The second-order valence-electron chi connectivity index (χ2n) is 5.37. The molecule has 6 nitrogen and oxygen atoms in total. The summed E-state index contributed by atoms with van der Waals surface area (Å²) in [5.41, 5.74) is 2.02. The SMILES string of the molecule is CCc1ccc2c(c1)C(=O)c1ccccc1C2(OO)OC(=O)OC. The first kappa shape index (κ1) is 16.2. The number of hydrogen-bond acceptors (Lipinski definition) is 6. The van der Waals surface area contributed by atoms with E-state index in [1.165, 1.54) is 0 Å². The van der Waals surface area contributed by atoms with Crippen LogP contribution in [0.15, 0.2) is 42.5 Å². The molecule has 0 saturated heterocycles. The van der Waals surface area contributed by atoms with Crippen molar-refractivity contribution in [3.05, 3.63) is 70.3 Å². The van der Waals surface area contributed by atoms with Crippen LogP contribution in [0.2, 0.25) is 0 Å². The molecule has 124 valence electrons. The first-order chi connectivity index (χ1) is 11.6. The molecule has 1 aliphatic carbocycles. The molecule has 0 aliphatic heterocycles. The third-order valence-corrected chi connectivity index (χ3v) is 4.14. The van der Waals surface area contributed by atoms with E-state index in [1.54, 1.807) is 42.5 Å². The zero-order chi connectivity index (χ0) is 17.3. The lowest BCUT2D eigenvalue weighted by Gasteiger charge is -2.35. The minimum Gasteiger partial charge on any atom is -0.438 e. The quantitative estimate of drug-likeness (QED) is 0.403. The van der Waals surface area contributed by atoms with E-state index in [4.69, 9.17) is 4.74 Å². The van der Waals surface area contributed by atoms with Gasteiger partial charge in [0, 0.05) is 22.3 Å².